The average Bonchev–Trinajstić information content (AvgIpc) is 2.40. The van der Waals surface area contributed by atoms with Crippen LogP contribution in [0.5, 0.6) is 5.75 Å². The minimum absolute atomic E-state index is 0.0324. The van der Waals surface area contributed by atoms with Crippen molar-refractivity contribution >= 4 is 35.1 Å². The standard InChI is InChI=1S/C15H9Cl2FO2/c16-12-8-13(17)14(18)7-11(12)15(20)5-4-9-2-1-3-10(19)6-9/h1-8,19H/b5-4+. The third-order valence-electron chi connectivity index (χ3n) is 2.57. The molecule has 0 aliphatic heterocycles. The zero-order valence-electron chi connectivity index (χ0n) is 10.1. The molecule has 5 heteroatoms. The smallest absolute Gasteiger partial charge is 0.187 e. The van der Waals surface area contributed by atoms with Gasteiger partial charge in [0.1, 0.15) is 11.6 Å². The lowest BCUT2D eigenvalue weighted by molar-refractivity contribution is 0.104. The summed E-state index contributed by atoms with van der Waals surface area (Å²) >= 11 is 11.4. The Bertz CT molecular complexity index is 696. The fourth-order valence-electron chi connectivity index (χ4n) is 1.60. The van der Waals surface area contributed by atoms with Crippen LogP contribution in [0.4, 0.5) is 4.39 Å². The molecule has 1 N–H and O–H groups in total. The van der Waals surface area contributed by atoms with Crippen LogP contribution in [-0.2, 0) is 0 Å². The molecule has 0 radical (unpaired) electrons. The molecule has 0 aromatic heterocycles. The van der Waals surface area contributed by atoms with Gasteiger partial charge in [-0.1, -0.05) is 41.4 Å². The maximum atomic E-state index is 13.3. The molecule has 0 atom stereocenters. The molecule has 0 saturated carbocycles. The van der Waals surface area contributed by atoms with Crippen molar-refractivity contribution in [1.29, 1.82) is 0 Å². The van der Waals surface area contributed by atoms with Gasteiger partial charge < -0.3 is 5.11 Å². The van der Waals surface area contributed by atoms with Gasteiger partial charge in [0.25, 0.3) is 0 Å². The Hall–Kier alpha value is -1.84. The summed E-state index contributed by atoms with van der Waals surface area (Å²) in [5.41, 5.74) is 0.675. The lowest BCUT2D eigenvalue weighted by Crippen LogP contribution is -1.97. The van der Waals surface area contributed by atoms with E-state index in [9.17, 15) is 14.3 Å². The highest BCUT2D eigenvalue weighted by molar-refractivity contribution is 6.37. The van der Waals surface area contributed by atoms with Crippen LogP contribution in [0.3, 0.4) is 0 Å². The number of halogens is 3. The minimum Gasteiger partial charge on any atom is -0.508 e. The van der Waals surface area contributed by atoms with Crippen molar-refractivity contribution in [2.24, 2.45) is 0 Å². The number of carbonyl (C=O) groups is 1. The predicted octanol–water partition coefficient (Wildman–Crippen LogP) is 4.73. The molecule has 2 rings (SSSR count). The molecule has 0 fully saturated rings. The molecule has 0 aliphatic rings. The Morgan fingerprint density at radius 3 is 2.60 bits per heavy atom. The highest BCUT2D eigenvalue weighted by Crippen LogP contribution is 2.25. The summed E-state index contributed by atoms with van der Waals surface area (Å²) in [6, 6.07) is 8.56. The van der Waals surface area contributed by atoms with Gasteiger partial charge in [-0.05, 0) is 35.9 Å². The summed E-state index contributed by atoms with van der Waals surface area (Å²) in [5.74, 6) is -1.06. The summed E-state index contributed by atoms with van der Waals surface area (Å²) in [5, 5.41) is 9.25. The maximum absolute atomic E-state index is 13.3. The van der Waals surface area contributed by atoms with Crippen LogP contribution in [0.15, 0.2) is 42.5 Å². The van der Waals surface area contributed by atoms with Crippen molar-refractivity contribution in [2.75, 3.05) is 0 Å². The number of hydrogen-bond acceptors (Lipinski definition) is 2. The first-order chi connectivity index (χ1) is 9.47. The number of phenols is 1. The molecular weight excluding hydrogens is 302 g/mol. The lowest BCUT2D eigenvalue weighted by atomic mass is 10.1. The minimum atomic E-state index is -0.704. The van der Waals surface area contributed by atoms with Crippen LogP contribution in [0, 0.1) is 5.82 Å². The van der Waals surface area contributed by atoms with E-state index >= 15 is 0 Å². The Morgan fingerprint density at radius 2 is 1.90 bits per heavy atom. The van der Waals surface area contributed by atoms with Crippen molar-refractivity contribution < 1.29 is 14.3 Å². The lowest BCUT2D eigenvalue weighted by Gasteiger charge is -2.02. The molecular formula is C15H9Cl2FO2. The topological polar surface area (TPSA) is 37.3 Å². The van der Waals surface area contributed by atoms with Gasteiger partial charge in [-0.15, -0.1) is 0 Å². The Kier molecular flexibility index (Phi) is 4.42. The van der Waals surface area contributed by atoms with E-state index in [0.29, 0.717) is 5.56 Å². The second-order valence-corrected chi connectivity index (χ2v) is 4.85. The van der Waals surface area contributed by atoms with E-state index in [1.54, 1.807) is 12.1 Å². The van der Waals surface area contributed by atoms with Crippen LogP contribution in [-0.4, -0.2) is 10.9 Å². The molecule has 2 aromatic carbocycles. The van der Waals surface area contributed by atoms with Gasteiger partial charge >= 0.3 is 0 Å². The molecule has 2 nitrogen and oxygen atoms in total. The van der Waals surface area contributed by atoms with E-state index in [1.165, 1.54) is 30.4 Å². The maximum Gasteiger partial charge on any atom is 0.187 e. The Morgan fingerprint density at radius 1 is 1.15 bits per heavy atom. The van der Waals surface area contributed by atoms with E-state index in [0.717, 1.165) is 6.07 Å². The SMILES string of the molecule is O=C(/C=C/c1cccc(O)c1)c1cc(F)c(Cl)cc1Cl. The molecule has 0 aliphatic carbocycles. The van der Waals surface area contributed by atoms with Crippen molar-refractivity contribution in [1.82, 2.24) is 0 Å². The summed E-state index contributed by atoms with van der Waals surface area (Å²) in [7, 11) is 0. The fraction of sp³-hybridized carbons (Fsp3) is 0. The summed E-state index contributed by atoms with van der Waals surface area (Å²) < 4.78 is 13.3. The zero-order valence-corrected chi connectivity index (χ0v) is 11.6. The Balaban J connectivity index is 2.27. The zero-order chi connectivity index (χ0) is 14.7. The number of phenolic OH excluding ortho intramolecular Hbond substituents is 1. The number of carbonyl (C=O) groups excluding carboxylic acids is 1. The van der Waals surface area contributed by atoms with Gasteiger partial charge in [-0.25, -0.2) is 4.39 Å². The number of aromatic hydroxyl groups is 1. The molecule has 0 heterocycles. The summed E-state index contributed by atoms with van der Waals surface area (Å²) in [4.78, 5) is 11.9. The van der Waals surface area contributed by atoms with E-state index in [-0.39, 0.29) is 21.4 Å². The molecule has 0 saturated heterocycles. The number of rotatable bonds is 3. The summed E-state index contributed by atoms with van der Waals surface area (Å²) in [6.07, 6.45) is 2.76. The Labute approximate surface area is 125 Å². The van der Waals surface area contributed by atoms with Gasteiger partial charge in [0.05, 0.1) is 10.0 Å². The fourth-order valence-corrected chi connectivity index (χ4v) is 2.08. The van der Waals surface area contributed by atoms with E-state index < -0.39 is 11.6 Å². The number of allylic oxidation sites excluding steroid dienone is 1. The van der Waals surface area contributed by atoms with E-state index in [2.05, 4.69) is 0 Å². The summed E-state index contributed by atoms with van der Waals surface area (Å²) in [6.45, 7) is 0. The number of benzene rings is 2. The van der Waals surface area contributed by atoms with Crippen molar-refractivity contribution in [2.45, 2.75) is 0 Å². The van der Waals surface area contributed by atoms with Crippen molar-refractivity contribution in [3.63, 3.8) is 0 Å². The van der Waals surface area contributed by atoms with Gasteiger partial charge in [-0.2, -0.15) is 0 Å². The largest absolute Gasteiger partial charge is 0.508 e. The monoisotopic (exact) mass is 310 g/mol. The number of ketones is 1. The first kappa shape index (κ1) is 14.6. The van der Waals surface area contributed by atoms with Crippen LogP contribution >= 0.6 is 23.2 Å². The quantitative estimate of drug-likeness (QED) is 0.505. The third kappa shape index (κ3) is 3.38. The van der Waals surface area contributed by atoms with Crippen LogP contribution in [0.1, 0.15) is 15.9 Å². The molecule has 2 aromatic rings. The van der Waals surface area contributed by atoms with Gasteiger partial charge in [0, 0.05) is 5.56 Å². The molecule has 0 spiro atoms. The molecule has 0 amide bonds. The second-order valence-electron chi connectivity index (χ2n) is 4.04. The first-order valence-corrected chi connectivity index (χ1v) is 6.39. The average molecular weight is 311 g/mol. The normalized spacial score (nSPS) is 10.9. The van der Waals surface area contributed by atoms with Crippen molar-refractivity contribution in [3.05, 3.63) is 69.5 Å². The van der Waals surface area contributed by atoms with Crippen LogP contribution < -0.4 is 0 Å². The van der Waals surface area contributed by atoms with Crippen LogP contribution in [0.25, 0.3) is 6.08 Å². The number of hydrogen-bond donors (Lipinski definition) is 1. The molecule has 0 unspecified atom stereocenters. The molecule has 0 bridgehead atoms. The van der Waals surface area contributed by atoms with Crippen LogP contribution in [0.2, 0.25) is 10.0 Å². The van der Waals surface area contributed by atoms with Gasteiger partial charge in [0.2, 0.25) is 0 Å². The third-order valence-corrected chi connectivity index (χ3v) is 3.18. The highest BCUT2D eigenvalue weighted by atomic mass is 35.5. The molecule has 20 heavy (non-hydrogen) atoms. The predicted molar refractivity (Wildman–Crippen MR) is 77.9 cm³/mol. The second kappa shape index (κ2) is 6.07. The highest BCUT2D eigenvalue weighted by Gasteiger charge is 2.11. The van der Waals surface area contributed by atoms with Gasteiger partial charge in [0.15, 0.2) is 5.78 Å². The first-order valence-electron chi connectivity index (χ1n) is 5.63. The van der Waals surface area contributed by atoms with Crippen molar-refractivity contribution in [3.8, 4) is 5.75 Å². The van der Waals surface area contributed by atoms with E-state index in [1.807, 2.05) is 0 Å². The van der Waals surface area contributed by atoms with E-state index in [4.69, 9.17) is 23.2 Å². The molecule has 102 valence electrons. The van der Waals surface area contributed by atoms with Gasteiger partial charge in [-0.3, -0.25) is 4.79 Å².